The first-order chi connectivity index (χ1) is 6.75. The third kappa shape index (κ3) is 2.71. The SMILES string of the molecule is Fc1ccc(Br)c(NCCC2CC2)c1. The maximum absolute atomic E-state index is 12.9. The predicted molar refractivity (Wildman–Crippen MR) is 59.9 cm³/mol. The molecule has 0 radical (unpaired) electrons. The van der Waals surface area contributed by atoms with Crippen molar-refractivity contribution in [1.82, 2.24) is 0 Å². The summed E-state index contributed by atoms with van der Waals surface area (Å²) in [4.78, 5) is 0. The van der Waals surface area contributed by atoms with Gasteiger partial charge in [-0.2, -0.15) is 0 Å². The molecule has 1 aliphatic rings. The van der Waals surface area contributed by atoms with Crippen LogP contribution in [0.5, 0.6) is 0 Å². The number of benzene rings is 1. The average Bonchev–Trinajstić information content (AvgIpc) is 2.95. The lowest BCUT2D eigenvalue weighted by molar-refractivity contribution is 0.627. The van der Waals surface area contributed by atoms with E-state index in [0.717, 1.165) is 22.6 Å². The molecule has 0 amide bonds. The fraction of sp³-hybridized carbons (Fsp3) is 0.455. The van der Waals surface area contributed by atoms with Gasteiger partial charge in [0.25, 0.3) is 0 Å². The number of anilines is 1. The zero-order valence-electron chi connectivity index (χ0n) is 7.89. The van der Waals surface area contributed by atoms with E-state index in [-0.39, 0.29) is 5.82 Å². The first kappa shape index (κ1) is 9.97. The van der Waals surface area contributed by atoms with Gasteiger partial charge in [0.2, 0.25) is 0 Å². The van der Waals surface area contributed by atoms with E-state index in [1.807, 2.05) is 0 Å². The van der Waals surface area contributed by atoms with Crippen LogP contribution in [0.25, 0.3) is 0 Å². The van der Waals surface area contributed by atoms with Crippen LogP contribution in [0.2, 0.25) is 0 Å². The summed E-state index contributed by atoms with van der Waals surface area (Å²) in [6.07, 6.45) is 3.93. The van der Waals surface area contributed by atoms with Gasteiger partial charge in [0.05, 0.1) is 5.69 Å². The maximum atomic E-state index is 12.9. The van der Waals surface area contributed by atoms with Gasteiger partial charge in [0, 0.05) is 11.0 Å². The van der Waals surface area contributed by atoms with Crippen molar-refractivity contribution in [1.29, 1.82) is 0 Å². The largest absolute Gasteiger partial charge is 0.384 e. The molecule has 1 fully saturated rings. The highest BCUT2D eigenvalue weighted by Gasteiger charge is 2.20. The molecule has 1 aromatic rings. The number of halogens is 2. The highest BCUT2D eigenvalue weighted by molar-refractivity contribution is 9.10. The van der Waals surface area contributed by atoms with E-state index < -0.39 is 0 Å². The molecular formula is C11H13BrFN. The lowest BCUT2D eigenvalue weighted by atomic mass is 10.2. The first-order valence-electron chi connectivity index (χ1n) is 4.94. The molecule has 0 aromatic heterocycles. The van der Waals surface area contributed by atoms with Crippen molar-refractivity contribution in [3.8, 4) is 0 Å². The Labute approximate surface area is 91.8 Å². The van der Waals surface area contributed by atoms with E-state index in [2.05, 4.69) is 21.2 Å². The summed E-state index contributed by atoms with van der Waals surface area (Å²) in [6, 6.07) is 4.71. The molecule has 0 atom stereocenters. The molecular weight excluding hydrogens is 245 g/mol. The standard InChI is InChI=1S/C11H13BrFN/c12-10-4-3-9(13)7-11(10)14-6-5-8-1-2-8/h3-4,7-8,14H,1-2,5-6H2. The number of nitrogens with one attached hydrogen (secondary N) is 1. The van der Waals surface area contributed by atoms with Crippen LogP contribution in [0.3, 0.4) is 0 Å². The Kier molecular flexibility index (Phi) is 3.06. The Morgan fingerprint density at radius 3 is 2.93 bits per heavy atom. The summed E-state index contributed by atoms with van der Waals surface area (Å²) in [6.45, 7) is 0.937. The predicted octanol–water partition coefficient (Wildman–Crippen LogP) is 3.80. The normalized spacial score (nSPS) is 15.6. The van der Waals surface area contributed by atoms with E-state index in [0.29, 0.717) is 0 Å². The van der Waals surface area contributed by atoms with E-state index in [4.69, 9.17) is 0 Å². The van der Waals surface area contributed by atoms with E-state index >= 15 is 0 Å². The van der Waals surface area contributed by atoms with Crippen molar-refractivity contribution >= 4 is 21.6 Å². The minimum atomic E-state index is -0.192. The molecule has 76 valence electrons. The van der Waals surface area contributed by atoms with Crippen molar-refractivity contribution in [2.45, 2.75) is 19.3 Å². The van der Waals surface area contributed by atoms with E-state index in [1.54, 1.807) is 6.07 Å². The third-order valence-electron chi connectivity index (χ3n) is 2.49. The van der Waals surface area contributed by atoms with Gasteiger partial charge >= 0.3 is 0 Å². The third-order valence-corrected chi connectivity index (χ3v) is 3.18. The molecule has 1 nitrogen and oxygen atoms in total. The van der Waals surface area contributed by atoms with Crippen LogP contribution in [0, 0.1) is 11.7 Å². The molecule has 0 bridgehead atoms. The van der Waals surface area contributed by atoms with Crippen LogP contribution >= 0.6 is 15.9 Å². The van der Waals surface area contributed by atoms with E-state index in [1.165, 1.54) is 31.4 Å². The van der Waals surface area contributed by atoms with Crippen molar-refractivity contribution in [3.63, 3.8) is 0 Å². The lowest BCUT2D eigenvalue weighted by Crippen LogP contribution is -2.03. The molecule has 3 heteroatoms. The molecule has 1 aliphatic carbocycles. The van der Waals surface area contributed by atoms with E-state index in [9.17, 15) is 4.39 Å². The second-order valence-corrected chi connectivity index (χ2v) is 4.64. The van der Waals surface area contributed by atoms with Gasteiger partial charge in [-0.05, 0) is 46.5 Å². The van der Waals surface area contributed by atoms with Crippen LogP contribution in [0.15, 0.2) is 22.7 Å². The molecule has 2 rings (SSSR count). The summed E-state index contributed by atoms with van der Waals surface area (Å²) < 4.78 is 13.8. The summed E-state index contributed by atoms with van der Waals surface area (Å²) in [5, 5.41) is 3.24. The van der Waals surface area contributed by atoms with Crippen molar-refractivity contribution in [2.75, 3.05) is 11.9 Å². The monoisotopic (exact) mass is 257 g/mol. The van der Waals surface area contributed by atoms with Crippen LogP contribution in [-0.4, -0.2) is 6.54 Å². The van der Waals surface area contributed by atoms with Gasteiger partial charge < -0.3 is 5.32 Å². The molecule has 0 aliphatic heterocycles. The first-order valence-corrected chi connectivity index (χ1v) is 5.74. The molecule has 14 heavy (non-hydrogen) atoms. The Hall–Kier alpha value is -0.570. The Morgan fingerprint density at radius 2 is 2.21 bits per heavy atom. The summed E-state index contributed by atoms with van der Waals surface area (Å²) in [5.41, 5.74) is 0.852. The minimum absolute atomic E-state index is 0.192. The Morgan fingerprint density at radius 1 is 1.43 bits per heavy atom. The van der Waals surface area contributed by atoms with Crippen LogP contribution in [0.4, 0.5) is 10.1 Å². The highest BCUT2D eigenvalue weighted by Crippen LogP contribution is 2.32. The highest BCUT2D eigenvalue weighted by atomic mass is 79.9. The van der Waals surface area contributed by atoms with Gasteiger partial charge in [-0.15, -0.1) is 0 Å². The summed E-state index contributed by atoms with van der Waals surface area (Å²) >= 11 is 3.38. The topological polar surface area (TPSA) is 12.0 Å². The van der Waals surface area contributed by atoms with Gasteiger partial charge in [0.1, 0.15) is 5.82 Å². The maximum Gasteiger partial charge on any atom is 0.125 e. The van der Waals surface area contributed by atoms with Gasteiger partial charge in [-0.1, -0.05) is 12.8 Å². The molecule has 1 aromatic carbocycles. The second-order valence-electron chi connectivity index (χ2n) is 3.78. The molecule has 0 heterocycles. The van der Waals surface area contributed by atoms with Gasteiger partial charge in [-0.3, -0.25) is 0 Å². The van der Waals surface area contributed by atoms with Gasteiger partial charge in [0.15, 0.2) is 0 Å². The fourth-order valence-electron chi connectivity index (χ4n) is 1.45. The van der Waals surface area contributed by atoms with Gasteiger partial charge in [-0.25, -0.2) is 4.39 Å². The number of hydrogen-bond donors (Lipinski definition) is 1. The average molecular weight is 258 g/mol. The quantitative estimate of drug-likeness (QED) is 0.866. The Bertz CT molecular complexity index is 323. The zero-order valence-corrected chi connectivity index (χ0v) is 9.48. The summed E-state index contributed by atoms with van der Waals surface area (Å²) in [5.74, 6) is 0.719. The lowest BCUT2D eigenvalue weighted by Gasteiger charge is -2.07. The molecule has 0 saturated heterocycles. The number of hydrogen-bond acceptors (Lipinski definition) is 1. The molecule has 0 unspecified atom stereocenters. The zero-order chi connectivity index (χ0) is 9.97. The van der Waals surface area contributed by atoms with Crippen LogP contribution in [0.1, 0.15) is 19.3 Å². The van der Waals surface area contributed by atoms with Crippen LogP contribution in [-0.2, 0) is 0 Å². The molecule has 1 N–H and O–H groups in total. The van der Waals surface area contributed by atoms with Crippen molar-refractivity contribution in [3.05, 3.63) is 28.5 Å². The molecule has 0 spiro atoms. The van der Waals surface area contributed by atoms with Crippen molar-refractivity contribution in [2.24, 2.45) is 5.92 Å². The number of rotatable bonds is 4. The van der Waals surface area contributed by atoms with Crippen LogP contribution < -0.4 is 5.32 Å². The smallest absolute Gasteiger partial charge is 0.125 e. The summed E-state index contributed by atoms with van der Waals surface area (Å²) in [7, 11) is 0. The minimum Gasteiger partial charge on any atom is -0.384 e. The fourth-order valence-corrected chi connectivity index (χ4v) is 1.84. The van der Waals surface area contributed by atoms with Crippen molar-refractivity contribution < 1.29 is 4.39 Å². The Balaban J connectivity index is 1.89. The molecule has 1 saturated carbocycles. The second kappa shape index (κ2) is 4.30.